The third-order valence-electron chi connectivity index (χ3n) is 2.23. The van der Waals surface area contributed by atoms with Gasteiger partial charge in [0.25, 0.3) is 0 Å². The molecule has 6 heteroatoms. The van der Waals surface area contributed by atoms with E-state index in [4.69, 9.17) is 4.74 Å². The smallest absolute Gasteiger partial charge is 0.328 e. The molecule has 6 nitrogen and oxygen atoms in total. The molecule has 0 unspecified atom stereocenters. The molecule has 0 heterocycles. The Morgan fingerprint density at radius 3 is 2.61 bits per heavy atom. The number of urea groups is 1. The fourth-order valence-electron chi connectivity index (χ4n) is 1.30. The third-order valence-corrected chi connectivity index (χ3v) is 2.23. The second kappa shape index (κ2) is 6.48. The molecule has 0 aliphatic heterocycles. The average Bonchev–Trinajstić information content (AvgIpc) is 2.37. The van der Waals surface area contributed by atoms with Gasteiger partial charge in [0.15, 0.2) is 0 Å². The van der Waals surface area contributed by atoms with Crippen LogP contribution in [0.2, 0.25) is 0 Å². The Hall–Kier alpha value is -2.24. The standard InChI is InChI=1S/C12H16N2O4/c1-8(11(15)18-3)13-12(16)14-9-5-4-6-10(7-9)17-2/h4-8H,1-3H3,(H2,13,14,16)/t8-/m0/s1. The molecule has 1 aromatic carbocycles. The Labute approximate surface area is 105 Å². The average molecular weight is 252 g/mol. The van der Waals surface area contributed by atoms with Crippen LogP contribution in [-0.2, 0) is 9.53 Å². The van der Waals surface area contributed by atoms with E-state index in [0.29, 0.717) is 11.4 Å². The van der Waals surface area contributed by atoms with Crippen LogP contribution in [-0.4, -0.2) is 32.3 Å². The summed E-state index contributed by atoms with van der Waals surface area (Å²) in [5.41, 5.74) is 0.573. The van der Waals surface area contributed by atoms with Gasteiger partial charge in [-0.2, -0.15) is 0 Å². The molecule has 0 fully saturated rings. The summed E-state index contributed by atoms with van der Waals surface area (Å²) in [5.74, 6) is 0.129. The zero-order valence-electron chi connectivity index (χ0n) is 10.5. The predicted molar refractivity (Wildman–Crippen MR) is 66.6 cm³/mol. The Bertz CT molecular complexity index is 434. The van der Waals surface area contributed by atoms with Gasteiger partial charge >= 0.3 is 12.0 Å². The molecule has 0 aromatic heterocycles. The second-order valence-corrected chi connectivity index (χ2v) is 3.58. The summed E-state index contributed by atoms with van der Waals surface area (Å²) in [7, 11) is 2.80. The molecule has 0 saturated carbocycles. The number of hydrogen-bond acceptors (Lipinski definition) is 4. The topological polar surface area (TPSA) is 76.7 Å². The Morgan fingerprint density at radius 2 is 2.00 bits per heavy atom. The van der Waals surface area contributed by atoms with Crippen LogP contribution in [0.15, 0.2) is 24.3 Å². The molecule has 1 atom stereocenters. The lowest BCUT2D eigenvalue weighted by Gasteiger charge is -2.12. The van der Waals surface area contributed by atoms with Crippen molar-refractivity contribution >= 4 is 17.7 Å². The largest absolute Gasteiger partial charge is 0.497 e. The summed E-state index contributed by atoms with van der Waals surface area (Å²) < 4.78 is 9.53. The maximum absolute atomic E-state index is 11.6. The van der Waals surface area contributed by atoms with Gasteiger partial charge in [0, 0.05) is 11.8 Å². The summed E-state index contributed by atoms with van der Waals surface area (Å²) >= 11 is 0. The molecule has 98 valence electrons. The normalized spacial score (nSPS) is 11.3. The van der Waals surface area contributed by atoms with Gasteiger partial charge in [-0.3, -0.25) is 0 Å². The minimum atomic E-state index is -0.708. The van der Waals surface area contributed by atoms with Crippen molar-refractivity contribution in [1.82, 2.24) is 5.32 Å². The van der Waals surface area contributed by atoms with Crippen LogP contribution in [0.4, 0.5) is 10.5 Å². The zero-order chi connectivity index (χ0) is 13.5. The number of esters is 1. The number of nitrogens with one attached hydrogen (secondary N) is 2. The quantitative estimate of drug-likeness (QED) is 0.794. The van der Waals surface area contributed by atoms with E-state index in [1.165, 1.54) is 14.0 Å². The lowest BCUT2D eigenvalue weighted by Crippen LogP contribution is -2.41. The van der Waals surface area contributed by atoms with Crippen LogP contribution in [0.25, 0.3) is 0 Å². The first-order valence-electron chi connectivity index (χ1n) is 5.36. The van der Waals surface area contributed by atoms with Crippen molar-refractivity contribution < 1.29 is 19.1 Å². The molecule has 18 heavy (non-hydrogen) atoms. The number of benzene rings is 1. The van der Waals surface area contributed by atoms with Gasteiger partial charge in [0.1, 0.15) is 11.8 Å². The minimum absolute atomic E-state index is 0.485. The van der Waals surface area contributed by atoms with E-state index in [1.54, 1.807) is 31.4 Å². The fraction of sp³-hybridized carbons (Fsp3) is 0.333. The van der Waals surface area contributed by atoms with Gasteiger partial charge in [-0.25, -0.2) is 9.59 Å². The van der Waals surface area contributed by atoms with E-state index in [0.717, 1.165) is 0 Å². The Kier molecular flexibility index (Phi) is 4.98. The predicted octanol–water partition coefficient (Wildman–Crippen LogP) is 1.38. The first-order chi connectivity index (χ1) is 8.56. The number of amides is 2. The molecule has 0 saturated heterocycles. The Balaban J connectivity index is 2.56. The lowest BCUT2D eigenvalue weighted by molar-refractivity contribution is -0.142. The van der Waals surface area contributed by atoms with Gasteiger partial charge in [0.2, 0.25) is 0 Å². The monoisotopic (exact) mass is 252 g/mol. The summed E-state index contributed by atoms with van der Waals surface area (Å²) in [6.07, 6.45) is 0. The molecule has 0 aliphatic carbocycles. The molecular formula is C12H16N2O4. The molecule has 1 aromatic rings. The van der Waals surface area contributed by atoms with E-state index < -0.39 is 18.0 Å². The number of anilines is 1. The van der Waals surface area contributed by atoms with Crippen molar-refractivity contribution in [1.29, 1.82) is 0 Å². The van der Waals surface area contributed by atoms with Crippen molar-refractivity contribution in [3.63, 3.8) is 0 Å². The highest BCUT2D eigenvalue weighted by atomic mass is 16.5. The van der Waals surface area contributed by atoms with Crippen molar-refractivity contribution in [2.24, 2.45) is 0 Å². The molecule has 0 radical (unpaired) electrons. The molecule has 0 aliphatic rings. The van der Waals surface area contributed by atoms with Crippen molar-refractivity contribution in [3.8, 4) is 5.75 Å². The number of hydrogen-bond donors (Lipinski definition) is 2. The van der Waals surface area contributed by atoms with E-state index in [2.05, 4.69) is 15.4 Å². The number of rotatable bonds is 4. The summed E-state index contributed by atoms with van der Waals surface area (Å²) in [6.45, 7) is 1.54. The van der Waals surface area contributed by atoms with Crippen LogP contribution in [0.5, 0.6) is 5.75 Å². The first kappa shape index (κ1) is 13.8. The van der Waals surface area contributed by atoms with Crippen molar-refractivity contribution in [2.75, 3.05) is 19.5 Å². The van der Waals surface area contributed by atoms with Crippen LogP contribution in [0, 0.1) is 0 Å². The second-order valence-electron chi connectivity index (χ2n) is 3.58. The molecule has 2 amide bonds. The minimum Gasteiger partial charge on any atom is -0.497 e. The van der Waals surface area contributed by atoms with Crippen LogP contribution in [0.3, 0.4) is 0 Å². The summed E-state index contributed by atoms with van der Waals surface area (Å²) in [4.78, 5) is 22.7. The van der Waals surface area contributed by atoms with Gasteiger partial charge in [-0.1, -0.05) is 6.07 Å². The van der Waals surface area contributed by atoms with E-state index >= 15 is 0 Å². The summed E-state index contributed by atoms with van der Waals surface area (Å²) in [5, 5.41) is 5.04. The SMILES string of the molecule is COC(=O)[C@H](C)NC(=O)Nc1cccc(OC)c1. The van der Waals surface area contributed by atoms with Gasteiger partial charge in [-0.05, 0) is 19.1 Å². The highest BCUT2D eigenvalue weighted by molar-refractivity contribution is 5.92. The highest BCUT2D eigenvalue weighted by Gasteiger charge is 2.15. The molecule has 2 N–H and O–H groups in total. The number of carbonyl (C=O) groups excluding carboxylic acids is 2. The first-order valence-corrected chi connectivity index (χ1v) is 5.36. The molecule has 0 bridgehead atoms. The van der Waals surface area contributed by atoms with E-state index in [-0.39, 0.29) is 0 Å². The lowest BCUT2D eigenvalue weighted by atomic mass is 10.3. The van der Waals surface area contributed by atoms with Gasteiger partial charge < -0.3 is 20.1 Å². The summed E-state index contributed by atoms with van der Waals surface area (Å²) in [6, 6.07) is 5.70. The van der Waals surface area contributed by atoms with E-state index in [9.17, 15) is 9.59 Å². The number of ether oxygens (including phenoxy) is 2. The molecule has 0 spiro atoms. The van der Waals surface area contributed by atoms with Gasteiger partial charge in [0.05, 0.1) is 14.2 Å². The van der Waals surface area contributed by atoms with Gasteiger partial charge in [-0.15, -0.1) is 0 Å². The van der Waals surface area contributed by atoms with Crippen LogP contribution >= 0.6 is 0 Å². The van der Waals surface area contributed by atoms with Crippen LogP contribution in [0.1, 0.15) is 6.92 Å². The maximum Gasteiger partial charge on any atom is 0.328 e. The van der Waals surface area contributed by atoms with Crippen molar-refractivity contribution in [2.45, 2.75) is 13.0 Å². The zero-order valence-corrected chi connectivity index (χ0v) is 10.5. The van der Waals surface area contributed by atoms with Crippen LogP contribution < -0.4 is 15.4 Å². The van der Waals surface area contributed by atoms with E-state index in [1.807, 2.05) is 0 Å². The number of carbonyl (C=O) groups is 2. The highest BCUT2D eigenvalue weighted by Crippen LogP contribution is 2.16. The molecule has 1 rings (SSSR count). The Morgan fingerprint density at radius 1 is 1.28 bits per heavy atom. The van der Waals surface area contributed by atoms with Crippen molar-refractivity contribution in [3.05, 3.63) is 24.3 Å². The maximum atomic E-state index is 11.6. The molecular weight excluding hydrogens is 236 g/mol. The number of methoxy groups -OCH3 is 2. The fourth-order valence-corrected chi connectivity index (χ4v) is 1.30. The third kappa shape index (κ3) is 3.97.